The Morgan fingerprint density at radius 2 is 2.17 bits per heavy atom. The van der Waals surface area contributed by atoms with E-state index in [9.17, 15) is 0 Å². The Bertz CT molecular complexity index is 454. The first kappa shape index (κ1) is 12.5. The summed E-state index contributed by atoms with van der Waals surface area (Å²) in [5.41, 5.74) is 1.03. The van der Waals surface area contributed by atoms with Crippen LogP contribution in [0.3, 0.4) is 0 Å². The van der Waals surface area contributed by atoms with Gasteiger partial charge in [-0.3, -0.25) is 0 Å². The molecular formula is C13H16N2O3. The van der Waals surface area contributed by atoms with Crippen LogP contribution in [-0.4, -0.2) is 20.4 Å². The molecule has 0 bridgehead atoms. The second-order valence-electron chi connectivity index (χ2n) is 3.95. The van der Waals surface area contributed by atoms with Crippen LogP contribution in [0.2, 0.25) is 0 Å². The average molecular weight is 248 g/mol. The molecular weight excluding hydrogens is 232 g/mol. The number of rotatable bonds is 6. The number of nitriles is 1. The Morgan fingerprint density at radius 3 is 2.89 bits per heavy atom. The minimum atomic E-state index is 0.256. The van der Waals surface area contributed by atoms with E-state index in [0.29, 0.717) is 25.3 Å². The van der Waals surface area contributed by atoms with E-state index in [1.807, 2.05) is 19.2 Å². The smallest absolute Gasteiger partial charge is 0.231 e. The van der Waals surface area contributed by atoms with Gasteiger partial charge in [-0.05, 0) is 19.5 Å². The van der Waals surface area contributed by atoms with Gasteiger partial charge >= 0.3 is 0 Å². The molecule has 1 aliphatic heterocycles. The number of fused-ring (bicyclic) bond motifs is 1. The summed E-state index contributed by atoms with van der Waals surface area (Å²) in [6.45, 7) is 1.49. The first-order chi connectivity index (χ1) is 8.85. The van der Waals surface area contributed by atoms with Crippen molar-refractivity contribution in [1.29, 1.82) is 5.26 Å². The molecule has 18 heavy (non-hydrogen) atoms. The maximum Gasteiger partial charge on any atom is 0.231 e. The van der Waals surface area contributed by atoms with Crippen LogP contribution in [0.15, 0.2) is 12.1 Å². The van der Waals surface area contributed by atoms with Crippen molar-refractivity contribution in [2.75, 3.05) is 20.4 Å². The lowest BCUT2D eigenvalue weighted by Gasteiger charge is -2.12. The van der Waals surface area contributed by atoms with Gasteiger partial charge < -0.3 is 19.5 Å². The van der Waals surface area contributed by atoms with E-state index < -0.39 is 0 Å². The molecule has 1 aromatic rings. The fourth-order valence-electron chi connectivity index (χ4n) is 1.76. The Balaban J connectivity index is 2.09. The van der Waals surface area contributed by atoms with Crippen molar-refractivity contribution in [3.8, 4) is 23.3 Å². The molecule has 0 amide bonds. The number of hydrogen-bond acceptors (Lipinski definition) is 5. The van der Waals surface area contributed by atoms with E-state index >= 15 is 0 Å². The molecule has 1 aromatic carbocycles. The van der Waals surface area contributed by atoms with E-state index in [1.165, 1.54) is 0 Å². The van der Waals surface area contributed by atoms with E-state index in [0.717, 1.165) is 23.5 Å². The van der Waals surface area contributed by atoms with Crippen LogP contribution in [0.1, 0.15) is 18.4 Å². The fraction of sp³-hybridized carbons (Fsp3) is 0.462. The summed E-state index contributed by atoms with van der Waals surface area (Å²) in [6, 6.07) is 5.88. The van der Waals surface area contributed by atoms with Crippen LogP contribution in [0.4, 0.5) is 0 Å². The topological polar surface area (TPSA) is 63.5 Å². The first-order valence-corrected chi connectivity index (χ1v) is 5.92. The summed E-state index contributed by atoms with van der Waals surface area (Å²) in [4.78, 5) is 0. The summed E-state index contributed by atoms with van der Waals surface area (Å²) >= 11 is 0. The average Bonchev–Trinajstić information content (AvgIpc) is 2.82. The summed E-state index contributed by atoms with van der Waals surface area (Å²) < 4.78 is 16.3. The molecule has 0 atom stereocenters. The third-order valence-electron chi connectivity index (χ3n) is 2.61. The normalized spacial score (nSPS) is 12.2. The first-order valence-electron chi connectivity index (χ1n) is 5.92. The van der Waals surface area contributed by atoms with Crippen molar-refractivity contribution in [3.05, 3.63) is 17.7 Å². The molecule has 0 fully saturated rings. The number of unbranched alkanes of at least 4 members (excludes halogenated alkanes) is 1. The van der Waals surface area contributed by atoms with Crippen molar-refractivity contribution in [1.82, 2.24) is 5.32 Å². The summed E-state index contributed by atoms with van der Waals surface area (Å²) in [7, 11) is 1.88. The lowest BCUT2D eigenvalue weighted by molar-refractivity contribution is 0.173. The second kappa shape index (κ2) is 6.12. The number of nitrogens with zero attached hydrogens (tertiary/aromatic N) is 1. The van der Waals surface area contributed by atoms with Crippen LogP contribution < -0.4 is 19.5 Å². The minimum absolute atomic E-state index is 0.256. The van der Waals surface area contributed by atoms with Crippen LogP contribution in [-0.2, 0) is 6.54 Å². The zero-order valence-electron chi connectivity index (χ0n) is 10.4. The van der Waals surface area contributed by atoms with Gasteiger partial charge in [0, 0.05) is 24.6 Å². The molecule has 0 saturated heterocycles. The molecule has 1 aliphatic rings. The highest BCUT2D eigenvalue weighted by molar-refractivity contribution is 5.51. The van der Waals surface area contributed by atoms with Crippen LogP contribution in [0.5, 0.6) is 17.2 Å². The van der Waals surface area contributed by atoms with E-state index in [-0.39, 0.29) is 6.79 Å². The van der Waals surface area contributed by atoms with Crippen LogP contribution >= 0.6 is 0 Å². The highest BCUT2D eigenvalue weighted by Crippen LogP contribution is 2.38. The zero-order valence-corrected chi connectivity index (χ0v) is 10.4. The van der Waals surface area contributed by atoms with Crippen molar-refractivity contribution in [2.45, 2.75) is 19.4 Å². The molecule has 1 N–H and O–H groups in total. The number of benzene rings is 1. The van der Waals surface area contributed by atoms with Gasteiger partial charge in [0.05, 0.1) is 12.7 Å². The largest absolute Gasteiger partial charge is 0.493 e. The van der Waals surface area contributed by atoms with E-state index in [2.05, 4.69) is 11.4 Å². The minimum Gasteiger partial charge on any atom is -0.493 e. The molecule has 0 aliphatic carbocycles. The van der Waals surface area contributed by atoms with Crippen LogP contribution in [0.25, 0.3) is 0 Å². The molecule has 0 unspecified atom stereocenters. The van der Waals surface area contributed by atoms with Crippen molar-refractivity contribution in [2.24, 2.45) is 0 Å². The molecule has 0 spiro atoms. The van der Waals surface area contributed by atoms with Crippen molar-refractivity contribution < 1.29 is 14.2 Å². The lowest BCUT2D eigenvalue weighted by atomic mass is 10.1. The van der Waals surface area contributed by atoms with Gasteiger partial charge in [0.1, 0.15) is 5.75 Å². The predicted octanol–water partition coefficient (Wildman–Crippen LogP) is 1.82. The Morgan fingerprint density at radius 1 is 1.39 bits per heavy atom. The Kier molecular flexibility index (Phi) is 4.26. The highest BCUT2D eigenvalue weighted by atomic mass is 16.7. The van der Waals surface area contributed by atoms with E-state index in [4.69, 9.17) is 19.5 Å². The molecule has 0 saturated carbocycles. The molecule has 1 heterocycles. The quantitative estimate of drug-likeness (QED) is 0.778. The molecule has 0 radical (unpaired) electrons. The van der Waals surface area contributed by atoms with Gasteiger partial charge in [-0.2, -0.15) is 5.26 Å². The Hall–Kier alpha value is -1.93. The second-order valence-corrected chi connectivity index (χ2v) is 3.95. The number of hydrogen-bond donors (Lipinski definition) is 1. The standard InChI is InChI=1S/C13H16N2O3/c1-15-8-10-6-12-13(18-9-17-12)7-11(10)16-5-3-2-4-14/h6-7,15H,2-3,5,8-9H2,1H3. The molecule has 96 valence electrons. The summed E-state index contributed by atoms with van der Waals surface area (Å²) in [5, 5.41) is 11.6. The fourth-order valence-corrected chi connectivity index (χ4v) is 1.76. The molecule has 5 nitrogen and oxygen atoms in total. The molecule has 5 heteroatoms. The number of nitrogens with one attached hydrogen (secondary N) is 1. The maximum absolute atomic E-state index is 8.48. The maximum atomic E-state index is 8.48. The highest BCUT2D eigenvalue weighted by Gasteiger charge is 2.17. The molecule has 0 aromatic heterocycles. The summed E-state index contributed by atoms with van der Waals surface area (Å²) in [5.74, 6) is 2.25. The van der Waals surface area contributed by atoms with Gasteiger partial charge in [0.2, 0.25) is 6.79 Å². The SMILES string of the molecule is CNCc1cc2c(cc1OCCCC#N)OCO2. The third kappa shape index (κ3) is 2.84. The van der Waals surface area contributed by atoms with Gasteiger partial charge in [-0.25, -0.2) is 0 Å². The predicted molar refractivity (Wildman–Crippen MR) is 65.7 cm³/mol. The van der Waals surface area contributed by atoms with Gasteiger partial charge in [0.15, 0.2) is 11.5 Å². The van der Waals surface area contributed by atoms with Crippen molar-refractivity contribution >= 4 is 0 Å². The van der Waals surface area contributed by atoms with Gasteiger partial charge in [0.25, 0.3) is 0 Å². The lowest BCUT2D eigenvalue weighted by Crippen LogP contribution is -2.08. The van der Waals surface area contributed by atoms with Crippen LogP contribution in [0, 0.1) is 11.3 Å². The third-order valence-corrected chi connectivity index (χ3v) is 2.61. The van der Waals surface area contributed by atoms with E-state index in [1.54, 1.807) is 0 Å². The monoisotopic (exact) mass is 248 g/mol. The van der Waals surface area contributed by atoms with Crippen molar-refractivity contribution in [3.63, 3.8) is 0 Å². The zero-order chi connectivity index (χ0) is 12.8. The molecule has 2 rings (SSSR count). The Labute approximate surface area is 106 Å². The van der Waals surface area contributed by atoms with Gasteiger partial charge in [-0.1, -0.05) is 0 Å². The summed E-state index contributed by atoms with van der Waals surface area (Å²) in [6.07, 6.45) is 1.23. The number of ether oxygens (including phenoxy) is 3. The van der Waals surface area contributed by atoms with Gasteiger partial charge in [-0.15, -0.1) is 0 Å².